The highest BCUT2D eigenvalue weighted by molar-refractivity contribution is 7.89. The van der Waals surface area contributed by atoms with Gasteiger partial charge in [0.25, 0.3) is 0 Å². The Kier molecular flexibility index (Phi) is 5.96. The van der Waals surface area contributed by atoms with Crippen LogP contribution in [-0.2, 0) is 10.0 Å². The second-order valence-electron chi connectivity index (χ2n) is 7.44. The minimum Gasteiger partial charge on any atom is -0.490 e. The fourth-order valence-corrected chi connectivity index (χ4v) is 5.28. The quantitative estimate of drug-likeness (QED) is 0.327. The normalized spacial score (nSPS) is 15.7. The van der Waals surface area contributed by atoms with Crippen LogP contribution in [0.4, 0.5) is 5.69 Å². The fraction of sp³-hybridized carbons (Fsp3) is 0.286. The average Bonchev–Trinajstić information content (AvgIpc) is 3.23. The Labute approximate surface area is 184 Å². The monoisotopic (exact) mass is 458 g/mol. The lowest BCUT2D eigenvalue weighted by Crippen LogP contribution is -2.49. The molecule has 0 aliphatic carbocycles. The third-order valence-electron chi connectivity index (χ3n) is 5.57. The second-order valence-corrected chi connectivity index (χ2v) is 9.38. The van der Waals surface area contributed by atoms with Crippen molar-refractivity contribution in [3.05, 3.63) is 64.3 Å². The number of H-pyrrole nitrogens is 1. The van der Waals surface area contributed by atoms with Gasteiger partial charge in [-0.05, 0) is 18.2 Å². The predicted molar refractivity (Wildman–Crippen MR) is 117 cm³/mol. The number of sulfonamides is 1. The molecule has 3 aromatic rings. The third kappa shape index (κ3) is 4.09. The van der Waals surface area contributed by atoms with Crippen LogP contribution in [0, 0.1) is 10.1 Å². The number of rotatable bonds is 7. The molecule has 32 heavy (non-hydrogen) atoms. The van der Waals surface area contributed by atoms with Gasteiger partial charge in [-0.3, -0.25) is 19.8 Å². The first-order chi connectivity index (χ1) is 15.3. The fourth-order valence-electron chi connectivity index (χ4n) is 3.84. The SMILES string of the molecule is COc1ccc(S(=O)(=O)N2CCN(CC(=O)c3c[nH]c4ccccc34)CC2)cc1[N+](=O)[O-]. The Morgan fingerprint density at radius 1 is 1.16 bits per heavy atom. The van der Waals surface area contributed by atoms with E-state index in [2.05, 4.69) is 4.98 Å². The van der Waals surface area contributed by atoms with Gasteiger partial charge in [0.05, 0.1) is 23.5 Å². The number of Topliss-reactive ketones (excluding diaryl/α,β-unsaturated/α-hetero) is 1. The van der Waals surface area contributed by atoms with Gasteiger partial charge in [0.2, 0.25) is 10.0 Å². The zero-order valence-electron chi connectivity index (χ0n) is 17.4. The van der Waals surface area contributed by atoms with E-state index in [1.807, 2.05) is 29.2 Å². The molecular weight excluding hydrogens is 436 g/mol. The van der Waals surface area contributed by atoms with E-state index in [0.29, 0.717) is 18.7 Å². The number of methoxy groups -OCH3 is 1. The Balaban J connectivity index is 1.43. The van der Waals surface area contributed by atoms with Crippen LogP contribution in [0.25, 0.3) is 10.9 Å². The van der Waals surface area contributed by atoms with Crippen molar-refractivity contribution in [1.29, 1.82) is 0 Å². The van der Waals surface area contributed by atoms with Gasteiger partial charge >= 0.3 is 5.69 Å². The van der Waals surface area contributed by atoms with Crippen molar-refractivity contribution in [2.75, 3.05) is 39.8 Å². The van der Waals surface area contributed by atoms with Gasteiger partial charge in [-0.25, -0.2) is 8.42 Å². The summed E-state index contributed by atoms with van der Waals surface area (Å²) in [5.74, 6) is -0.0425. The number of hydrogen-bond donors (Lipinski definition) is 1. The topological polar surface area (TPSA) is 126 Å². The van der Waals surface area contributed by atoms with Crippen LogP contribution in [0.3, 0.4) is 0 Å². The lowest BCUT2D eigenvalue weighted by Gasteiger charge is -2.33. The van der Waals surface area contributed by atoms with Crippen molar-refractivity contribution in [1.82, 2.24) is 14.2 Å². The van der Waals surface area contributed by atoms with Crippen LogP contribution in [0.15, 0.2) is 53.6 Å². The molecule has 2 aromatic carbocycles. The highest BCUT2D eigenvalue weighted by atomic mass is 32.2. The first-order valence-corrected chi connectivity index (χ1v) is 11.4. The number of nitro benzene ring substituents is 1. The largest absolute Gasteiger partial charge is 0.490 e. The van der Waals surface area contributed by atoms with E-state index < -0.39 is 20.6 Å². The van der Waals surface area contributed by atoms with E-state index in [9.17, 15) is 23.3 Å². The van der Waals surface area contributed by atoms with Crippen LogP contribution >= 0.6 is 0 Å². The number of benzene rings is 2. The highest BCUT2D eigenvalue weighted by Crippen LogP contribution is 2.31. The van der Waals surface area contributed by atoms with Crippen molar-refractivity contribution in [2.24, 2.45) is 0 Å². The summed E-state index contributed by atoms with van der Waals surface area (Å²) in [6.07, 6.45) is 1.70. The van der Waals surface area contributed by atoms with Crippen molar-refractivity contribution in [3.8, 4) is 5.75 Å². The maximum absolute atomic E-state index is 13.0. The molecule has 0 atom stereocenters. The number of nitrogens with one attached hydrogen (secondary N) is 1. The molecule has 2 heterocycles. The molecule has 0 saturated carbocycles. The summed E-state index contributed by atoms with van der Waals surface area (Å²) < 4.78 is 32.2. The maximum atomic E-state index is 13.0. The van der Waals surface area contributed by atoms with Gasteiger partial charge in [0.15, 0.2) is 11.5 Å². The molecule has 0 radical (unpaired) electrons. The number of carbonyl (C=O) groups excluding carboxylic acids is 1. The van der Waals surface area contributed by atoms with Gasteiger partial charge in [0.1, 0.15) is 0 Å². The minimum atomic E-state index is -3.91. The summed E-state index contributed by atoms with van der Waals surface area (Å²) in [5, 5.41) is 12.1. The van der Waals surface area contributed by atoms with Gasteiger partial charge < -0.3 is 9.72 Å². The predicted octanol–water partition coefficient (Wildman–Crippen LogP) is 2.27. The van der Waals surface area contributed by atoms with Gasteiger partial charge in [-0.2, -0.15) is 4.31 Å². The summed E-state index contributed by atoms with van der Waals surface area (Å²) in [6.45, 7) is 1.31. The highest BCUT2D eigenvalue weighted by Gasteiger charge is 2.31. The Morgan fingerprint density at radius 3 is 2.56 bits per heavy atom. The number of nitro groups is 1. The molecule has 0 unspecified atom stereocenters. The lowest BCUT2D eigenvalue weighted by molar-refractivity contribution is -0.386. The summed E-state index contributed by atoms with van der Waals surface area (Å²) in [6, 6.07) is 11.2. The third-order valence-corrected chi connectivity index (χ3v) is 7.47. The average molecular weight is 458 g/mol. The molecular formula is C21H22N4O6S. The van der Waals surface area contributed by atoms with Gasteiger partial charge in [-0.1, -0.05) is 18.2 Å². The van der Waals surface area contributed by atoms with E-state index in [0.717, 1.165) is 17.0 Å². The number of nitrogens with zero attached hydrogens (tertiary/aromatic N) is 3. The Hall–Kier alpha value is -3.28. The van der Waals surface area contributed by atoms with E-state index >= 15 is 0 Å². The number of hydrogen-bond acceptors (Lipinski definition) is 7. The molecule has 0 amide bonds. The Bertz CT molecular complexity index is 1280. The lowest BCUT2D eigenvalue weighted by atomic mass is 10.1. The van der Waals surface area contributed by atoms with Crippen LogP contribution in [0.2, 0.25) is 0 Å². The first-order valence-electron chi connectivity index (χ1n) is 9.95. The molecule has 1 aliphatic rings. The molecule has 0 bridgehead atoms. The van der Waals surface area contributed by atoms with Crippen molar-refractivity contribution >= 4 is 32.4 Å². The van der Waals surface area contributed by atoms with Gasteiger partial charge in [-0.15, -0.1) is 0 Å². The first kappa shape index (κ1) is 21.9. The molecule has 1 saturated heterocycles. The Morgan fingerprint density at radius 2 is 1.88 bits per heavy atom. The van der Waals surface area contributed by atoms with Crippen LogP contribution < -0.4 is 4.74 Å². The summed E-state index contributed by atoms with van der Waals surface area (Å²) in [7, 11) is -2.63. The number of ether oxygens (including phenoxy) is 1. The van der Waals surface area contributed by atoms with Gasteiger partial charge in [0, 0.05) is 54.9 Å². The molecule has 10 nitrogen and oxygen atoms in total. The minimum absolute atomic E-state index is 0.00503. The standard InChI is InChI=1S/C21H22N4O6S/c1-31-21-7-6-15(12-19(21)25(27)28)32(29,30)24-10-8-23(9-11-24)14-20(26)17-13-22-18-5-3-2-4-16(17)18/h2-7,12-13,22H,8-11,14H2,1H3. The number of aromatic amines is 1. The molecule has 1 N–H and O–H groups in total. The van der Waals surface area contributed by atoms with Crippen LogP contribution in [0.5, 0.6) is 5.75 Å². The number of ketones is 1. The number of para-hydroxylation sites is 1. The molecule has 168 valence electrons. The van der Waals surface area contributed by atoms with E-state index in [1.54, 1.807) is 6.20 Å². The van der Waals surface area contributed by atoms with E-state index in [-0.39, 0.29) is 36.1 Å². The summed E-state index contributed by atoms with van der Waals surface area (Å²) >= 11 is 0. The molecule has 1 aromatic heterocycles. The zero-order chi connectivity index (χ0) is 22.9. The van der Waals surface area contributed by atoms with Crippen LogP contribution in [0.1, 0.15) is 10.4 Å². The molecule has 4 rings (SSSR count). The molecule has 11 heteroatoms. The number of aromatic nitrogens is 1. The number of carbonyl (C=O) groups is 1. The van der Waals surface area contributed by atoms with Crippen LogP contribution in [-0.4, -0.2) is 73.1 Å². The molecule has 0 spiro atoms. The smallest absolute Gasteiger partial charge is 0.312 e. The maximum Gasteiger partial charge on any atom is 0.312 e. The van der Waals surface area contributed by atoms with Crippen molar-refractivity contribution in [3.63, 3.8) is 0 Å². The summed E-state index contributed by atoms with van der Waals surface area (Å²) in [5.41, 5.74) is 1.10. The number of fused-ring (bicyclic) bond motifs is 1. The number of piperazine rings is 1. The summed E-state index contributed by atoms with van der Waals surface area (Å²) in [4.78, 5) is 28.2. The molecule has 1 fully saturated rings. The second kappa shape index (κ2) is 8.69. The van der Waals surface area contributed by atoms with Crippen molar-refractivity contribution < 1.29 is 22.9 Å². The van der Waals surface area contributed by atoms with E-state index in [4.69, 9.17) is 4.74 Å². The van der Waals surface area contributed by atoms with E-state index in [1.165, 1.54) is 23.5 Å². The van der Waals surface area contributed by atoms with Crippen molar-refractivity contribution in [2.45, 2.75) is 4.90 Å². The molecule has 1 aliphatic heterocycles. The zero-order valence-corrected chi connectivity index (χ0v) is 18.2.